The number of aromatic hydroxyl groups is 1. The Balaban J connectivity index is 1.24. The minimum atomic E-state index is -0.697. The van der Waals surface area contributed by atoms with E-state index in [0.29, 0.717) is 41.7 Å². The summed E-state index contributed by atoms with van der Waals surface area (Å²) in [6.07, 6.45) is 7.42. The molecule has 0 radical (unpaired) electrons. The Morgan fingerprint density at radius 3 is 2.64 bits per heavy atom. The number of thioether (sulfide) groups is 1. The number of primary amides is 1. The summed E-state index contributed by atoms with van der Waals surface area (Å²) in [4.78, 5) is 34.7. The van der Waals surface area contributed by atoms with E-state index in [2.05, 4.69) is 16.0 Å². The Kier molecular flexibility index (Phi) is 8.87. The second-order valence-corrected chi connectivity index (χ2v) is 9.79. The van der Waals surface area contributed by atoms with Gasteiger partial charge in [0.05, 0.1) is 23.3 Å². The molecule has 0 bridgehead atoms. The van der Waals surface area contributed by atoms with Crippen molar-refractivity contribution < 1.29 is 19.5 Å². The highest BCUT2D eigenvalue weighted by atomic mass is 32.2. The molecule has 3 rings (SSSR count). The van der Waals surface area contributed by atoms with E-state index in [-0.39, 0.29) is 29.4 Å². The maximum atomic E-state index is 12.1. The fraction of sp³-hybridized carbons (Fsp3) is 0.522. The lowest BCUT2D eigenvalue weighted by Gasteiger charge is -2.16. The van der Waals surface area contributed by atoms with Gasteiger partial charge < -0.3 is 32.5 Å². The molecule has 3 atom stereocenters. The number of fused-ring (bicyclic) bond motifs is 1. The number of unbranched alkanes of at least 4 members (excludes halogenated alkanes) is 2. The summed E-state index contributed by atoms with van der Waals surface area (Å²) in [5.41, 5.74) is 12.2. The number of urea groups is 1. The Hall–Kier alpha value is -2.88. The number of rotatable bonds is 13. The Morgan fingerprint density at radius 1 is 1.15 bits per heavy atom. The summed E-state index contributed by atoms with van der Waals surface area (Å²) in [5, 5.41) is 19.3. The van der Waals surface area contributed by atoms with Crippen LogP contribution >= 0.6 is 11.8 Å². The highest BCUT2D eigenvalue weighted by Crippen LogP contribution is 2.33. The smallest absolute Gasteiger partial charge is 0.315 e. The molecule has 2 aliphatic rings. The zero-order chi connectivity index (χ0) is 23.8. The first-order valence-corrected chi connectivity index (χ1v) is 12.4. The SMILES string of the molecule is NC(=O)c1ccc(/C(N)=C/NCCCCC(=O)CCCC[C@@H]2SC[C@@H]3NC(=O)N[C@@H]32)cc1O. The average molecular weight is 476 g/mol. The predicted molar refractivity (Wildman–Crippen MR) is 130 cm³/mol. The van der Waals surface area contributed by atoms with E-state index in [4.69, 9.17) is 11.5 Å². The van der Waals surface area contributed by atoms with Crippen molar-refractivity contribution in [1.82, 2.24) is 16.0 Å². The topological polar surface area (TPSA) is 160 Å². The monoisotopic (exact) mass is 475 g/mol. The van der Waals surface area contributed by atoms with Crippen LogP contribution in [0.2, 0.25) is 0 Å². The fourth-order valence-corrected chi connectivity index (χ4v) is 5.71. The van der Waals surface area contributed by atoms with Crippen LogP contribution in [0, 0.1) is 0 Å². The molecule has 0 unspecified atom stereocenters. The molecule has 0 spiro atoms. The van der Waals surface area contributed by atoms with E-state index < -0.39 is 5.91 Å². The first kappa shape index (κ1) is 24.8. The van der Waals surface area contributed by atoms with Crippen molar-refractivity contribution in [2.75, 3.05) is 12.3 Å². The highest BCUT2D eigenvalue weighted by Gasteiger charge is 2.42. The summed E-state index contributed by atoms with van der Waals surface area (Å²) in [7, 11) is 0. The lowest BCUT2D eigenvalue weighted by Crippen LogP contribution is -2.36. The Bertz CT molecular complexity index is 907. The first-order valence-electron chi connectivity index (χ1n) is 11.4. The van der Waals surface area contributed by atoms with Crippen molar-refractivity contribution in [3.63, 3.8) is 0 Å². The number of amides is 3. The predicted octanol–water partition coefficient (Wildman–Crippen LogP) is 1.80. The third kappa shape index (κ3) is 7.05. The van der Waals surface area contributed by atoms with Crippen LogP contribution in [-0.4, -0.2) is 52.5 Å². The van der Waals surface area contributed by atoms with Gasteiger partial charge in [-0.1, -0.05) is 12.5 Å². The molecule has 180 valence electrons. The van der Waals surface area contributed by atoms with Crippen LogP contribution in [0.3, 0.4) is 0 Å². The molecule has 2 heterocycles. The third-order valence-electron chi connectivity index (χ3n) is 6.01. The number of nitrogens with two attached hydrogens (primary N) is 2. The largest absolute Gasteiger partial charge is 0.507 e. The summed E-state index contributed by atoms with van der Waals surface area (Å²) in [5.74, 6) is 0.356. The third-order valence-corrected chi connectivity index (χ3v) is 7.52. The molecule has 2 aliphatic heterocycles. The second kappa shape index (κ2) is 11.8. The number of benzene rings is 1. The van der Waals surface area contributed by atoms with Gasteiger partial charge >= 0.3 is 6.03 Å². The molecule has 8 N–H and O–H groups in total. The first-order chi connectivity index (χ1) is 15.8. The molecule has 2 fully saturated rings. The van der Waals surface area contributed by atoms with Crippen molar-refractivity contribution in [2.45, 2.75) is 62.3 Å². The number of nitrogens with one attached hydrogen (secondary N) is 3. The summed E-state index contributed by atoms with van der Waals surface area (Å²) in [6, 6.07) is 4.88. The van der Waals surface area contributed by atoms with Gasteiger partial charge in [-0.3, -0.25) is 9.59 Å². The van der Waals surface area contributed by atoms with Crippen LogP contribution < -0.4 is 27.4 Å². The van der Waals surface area contributed by atoms with Gasteiger partial charge in [-0.25, -0.2) is 4.79 Å². The molecule has 0 aromatic heterocycles. The molecule has 1 aromatic carbocycles. The van der Waals surface area contributed by atoms with Gasteiger partial charge in [0.25, 0.3) is 5.91 Å². The summed E-state index contributed by atoms with van der Waals surface area (Å²) < 4.78 is 0. The van der Waals surface area contributed by atoms with Crippen LogP contribution in [-0.2, 0) is 4.79 Å². The Labute approximate surface area is 198 Å². The maximum absolute atomic E-state index is 12.1. The number of ketones is 1. The number of phenols is 1. The number of hydrogen-bond donors (Lipinski definition) is 6. The van der Waals surface area contributed by atoms with E-state index in [1.807, 2.05) is 11.8 Å². The standard InChI is InChI=1S/C23H33N5O4S/c24-17(14-8-9-16(22(25)31)19(30)11-14)12-26-10-4-3-6-15(29)5-1-2-7-20-21-18(13-33-20)27-23(32)28-21/h8-9,11-12,18,20-21,26,30H,1-7,10,13,24H2,(H2,25,31)(H2,27,28,32)/b17-12-/t18-,20-,21-/m0/s1. The van der Waals surface area contributed by atoms with Gasteiger partial charge in [-0.15, -0.1) is 0 Å². The van der Waals surface area contributed by atoms with Gasteiger partial charge in [0.2, 0.25) is 0 Å². The molecule has 0 aliphatic carbocycles. The van der Waals surface area contributed by atoms with Crippen LogP contribution in [0.1, 0.15) is 60.9 Å². The van der Waals surface area contributed by atoms with Gasteiger partial charge in [0, 0.05) is 42.2 Å². The zero-order valence-corrected chi connectivity index (χ0v) is 19.5. The van der Waals surface area contributed by atoms with E-state index in [1.165, 1.54) is 12.1 Å². The van der Waals surface area contributed by atoms with Gasteiger partial charge in [-0.05, 0) is 37.8 Å². The zero-order valence-electron chi connectivity index (χ0n) is 18.6. The molecule has 1 aromatic rings. The molecule has 33 heavy (non-hydrogen) atoms. The number of carbonyl (C=O) groups excluding carboxylic acids is 3. The van der Waals surface area contributed by atoms with Gasteiger partial charge in [-0.2, -0.15) is 11.8 Å². The highest BCUT2D eigenvalue weighted by molar-refractivity contribution is 8.00. The van der Waals surface area contributed by atoms with Crippen molar-refractivity contribution in [2.24, 2.45) is 11.5 Å². The van der Waals surface area contributed by atoms with Crippen LogP contribution in [0.5, 0.6) is 5.75 Å². The van der Waals surface area contributed by atoms with E-state index >= 15 is 0 Å². The average Bonchev–Trinajstić information content (AvgIpc) is 3.32. The van der Waals surface area contributed by atoms with Crippen LogP contribution in [0.25, 0.3) is 5.70 Å². The molecule has 2 saturated heterocycles. The summed E-state index contributed by atoms with van der Waals surface area (Å²) >= 11 is 1.91. The van der Waals surface area contributed by atoms with Gasteiger partial charge in [0.15, 0.2) is 0 Å². The lowest BCUT2D eigenvalue weighted by atomic mass is 10.0. The normalized spacial score (nSPS) is 21.9. The minimum Gasteiger partial charge on any atom is -0.507 e. The molecular weight excluding hydrogens is 442 g/mol. The van der Waals surface area contributed by atoms with Gasteiger partial charge in [0.1, 0.15) is 11.5 Å². The summed E-state index contributed by atoms with van der Waals surface area (Å²) in [6.45, 7) is 0.681. The second-order valence-electron chi connectivity index (χ2n) is 8.51. The van der Waals surface area contributed by atoms with Crippen molar-refractivity contribution in [3.8, 4) is 5.75 Å². The molecule has 3 amide bonds. The van der Waals surface area contributed by atoms with Crippen molar-refractivity contribution in [1.29, 1.82) is 0 Å². The maximum Gasteiger partial charge on any atom is 0.315 e. The minimum absolute atomic E-state index is 0.0508. The molecule has 9 nitrogen and oxygen atoms in total. The number of Topliss-reactive ketones (excluding diaryl/α,β-unsaturated/α-hetero) is 1. The lowest BCUT2D eigenvalue weighted by molar-refractivity contribution is -0.119. The van der Waals surface area contributed by atoms with Crippen molar-refractivity contribution in [3.05, 3.63) is 35.5 Å². The van der Waals surface area contributed by atoms with Crippen molar-refractivity contribution >= 4 is 35.2 Å². The Morgan fingerprint density at radius 2 is 1.91 bits per heavy atom. The number of hydrogen-bond acceptors (Lipinski definition) is 7. The van der Waals surface area contributed by atoms with E-state index in [1.54, 1.807) is 12.3 Å². The molecule has 10 heteroatoms. The van der Waals surface area contributed by atoms with Crippen LogP contribution in [0.4, 0.5) is 4.79 Å². The molecular formula is C23H33N5O4S. The van der Waals surface area contributed by atoms with E-state index in [9.17, 15) is 19.5 Å². The molecule has 0 saturated carbocycles. The van der Waals surface area contributed by atoms with Crippen LogP contribution in [0.15, 0.2) is 24.4 Å². The fourth-order valence-electron chi connectivity index (χ4n) is 4.17. The number of carbonyl (C=O) groups is 3. The van der Waals surface area contributed by atoms with E-state index in [0.717, 1.165) is 37.9 Å². The quantitative estimate of drug-likeness (QED) is 0.187.